The fourth-order valence-corrected chi connectivity index (χ4v) is 4.57. The predicted octanol–water partition coefficient (Wildman–Crippen LogP) is 2.90. The van der Waals surface area contributed by atoms with Gasteiger partial charge >= 0.3 is 0 Å². The van der Waals surface area contributed by atoms with Crippen LogP contribution in [0.25, 0.3) is 22.4 Å². The molecule has 1 amide bonds. The molecule has 1 aromatic carbocycles. The van der Waals surface area contributed by atoms with Crippen LogP contribution in [0.1, 0.15) is 23.2 Å². The average molecular weight is 413 g/mol. The molecule has 0 spiro atoms. The second-order valence-electron chi connectivity index (χ2n) is 7.36. The number of amides is 1. The second-order valence-corrected chi connectivity index (χ2v) is 9.35. The number of nitrogens with zero attached hydrogens (tertiary/aromatic N) is 2. The van der Waals surface area contributed by atoms with Crippen LogP contribution in [-0.2, 0) is 10.0 Å². The van der Waals surface area contributed by atoms with Crippen LogP contribution in [0.4, 0.5) is 0 Å². The number of para-hydroxylation sites is 1. The SMILES string of the molecule is CS(=O)(=O)N1CCC(CNC(=O)c2cc(-c3ccco3)nc3ccccc23)CC1. The highest BCUT2D eigenvalue weighted by molar-refractivity contribution is 7.88. The van der Waals surface area contributed by atoms with Crippen molar-refractivity contribution in [2.75, 3.05) is 25.9 Å². The molecular formula is C21H23N3O4S. The summed E-state index contributed by atoms with van der Waals surface area (Å²) in [7, 11) is -3.14. The normalized spacial score (nSPS) is 16.2. The van der Waals surface area contributed by atoms with Gasteiger partial charge in [0.25, 0.3) is 5.91 Å². The summed E-state index contributed by atoms with van der Waals surface area (Å²) in [5.41, 5.74) is 1.89. The van der Waals surface area contributed by atoms with E-state index >= 15 is 0 Å². The van der Waals surface area contributed by atoms with E-state index in [-0.39, 0.29) is 11.8 Å². The third-order valence-electron chi connectivity index (χ3n) is 5.33. The quantitative estimate of drug-likeness (QED) is 0.694. The number of piperidine rings is 1. The van der Waals surface area contributed by atoms with Crippen molar-refractivity contribution in [2.24, 2.45) is 5.92 Å². The summed E-state index contributed by atoms with van der Waals surface area (Å²) in [4.78, 5) is 17.6. The number of fused-ring (bicyclic) bond motifs is 1. The minimum absolute atomic E-state index is 0.165. The highest BCUT2D eigenvalue weighted by Crippen LogP contribution is 2.25. The molecule has 0 radical (unpaired) electrons. The van der Waals surface area contributed by atoms with Gasteiger partial charge in [-0.05, 0) is 43.0 Å². The molecule has 0 aliphatic carbocycles. The number of nitrogens with one attached hydrogen (secondary N) is 1. The van der Waals surface area contributed by atoms with Gasteiger partial charge in [-0.1, -0.05) is 18.2 Å². The zero-order chi connectivity index (χ0) is 20.4. The number of carbonyl (C=O) groups is 1. The number of furan rings is 1. The van der Waals surface area contributed by atoms with Crippen molar-refractivity contribution in [3.8, 4) is 11.5 Å². The van der Waals surface area contributed by atoms with Gasteiger partial charge in [-0.2, -0.15) is 0 Å². The molecule has 3 heterocycles. The van der Waals surface area contributed by atoms with E-state index in [1.54, 1.807) is 18.4 Å². The fourth-order valence-electron chi connectivity index (χ4n) is 3.69. The van der Waals surface area contributed by atoms with Gasteiger partial charge in [0.2, 0.25) is 10.0 Å². The van der Waals surface area contributed by atoms with Gasteiger partial charge in [-0.15, -0.1) is 0 Å². The Hall–Kier alpha value is -2.71. The van der Waals surface area contributed by atoms with Crippen LogP contribution in [0.5, 0.6) is 0 Å². The van der Waals surface area contributed by atoms with Crippen LogP contribution in [0.2, 0.25) is 0 Å². The lowest BCUT2D eigenvalue weighted by molar-refractivity contribution is 0.0943. The number of hydrogen-bond acceptors (Lipinski definition) is 5. The first-order valence-electron chi connectivity index (χ1n) is 9.59. The summed E-state index contributed by atoms with van der Waals surface area (Å²) in [5.74, 6) is 0.703. The van der Waals surface area contributed by atoms with Gasteiger partial charge in [0.05, 0.1) is 23.6 Å². The molecule has 7 nitrogen and oxygen atoms in total. The van der Waals surface area contributed by atoms with Gasteiger partial charge in [0.1, 0.15) is 5.69 Å². The maximum absolute atomic E-state index is 13.0. The third kappa shape index (κ3) is 4.33. The van der Waals surface area contributed by atoms with E-state index in [2.05, 4.69) is 10.3 Å². The van der Waals surface area contributed by atoms with Crippen LogP contribution >= 0.6 is 0 Å². The first-order chi connectivity index (χ1) is 13.9. The van der Waals surface area contributed by atoms with Crippen molar-refractivity contribution < 1.29 is 17.6 Å². The summed E-state index contributed by atoms with van der Waals surface area (Å²) < 4.78 is 30.2. The number of pyridine rings is 1. The van der Waals surface area contributed by atoms with E-state index in [9.17, 15) is 13.2 Å². The van der Waals surface area contributed by atoms with Crippen LogP contribution in [0.3, 0.4) is 0 Å². The Morgan fingerprint density at radius 1 is 1.21 bits per heavy atom. The predicted molar refractivity (Wildman–Crippen MR) is 111 cm³/mol. The minimum Gasteiger partial charge on any atom is -0.463 e. The second kappa shape index (κ2) is 7.96. The molecule has 0 saturated carbocycles. The number of aromatic nitrogens is 1. The number of benzene rings is 1. The van der Waals surface area contributed by atoms with Gasteiger partial charge in [-0.25, -0.2) is 17.7 Å². The van der Waals surface area contributed by atoms with Crippen LogP contribution in [-0.4, -0.2) is 49.5 Å². The van der Waals surface area contributed by atoms with Gasteiger partial charge in [0, 0.05) is 25.0 Å². The molecule has 2 aromatic heterocycles. The smallest absolute Gasteiger partial charge is 0.252 e. The molecule has 1 N–H and O–H groups in total. The first-order valence-corrected chi connectivity index (χ1v) is 11.4. The molecule has 0 atom stereocenters. The average Bonchev–Trinajstić information content (AvgIpc) is 3.26. The van der Waals surface area contributed by atoms with Crippen LogP contribution in [0.15, 0.2) is 53.1 Å². The molecule has 0 unspecified atom stereocenters. The molecule has 1 aliphatic heterocycles. The topological polar surface area (TPSA) is 92.5 Å². The zero-order valence-electron chi connectivity index (χ0n) is 16.2. The van der Waals surface area contributed by atoms with Crippen molar-refractivity contribution in [3.63, 3.8) is 0 Å². The molecule has 0 bridgehead atoms. The standard InChI is InChI=1S/C21H23N3O4S/c1-29(26,27)24-10-8-15(9-11-24)14-22-21(25)17-13-19(20-7-4-12-28-20)23-18-6-3-2-5-16(17)18/h2-7,12-13,15H,8-11,14H2,1H3,(H,22,25). The maximum Gasteiger partial charge on any atom is 0.252 e. The molecule has 4 rings (SSSR count). The number of rotatable bonds is 5. The number of hydrogen-bond donors (Lipinski definition) is 1. The largest absolute Gasteiger partial charge is 0.463 e. The molecule has 1 aliphatic rings. The molecule has 3 aromatic rings. The highest BCUT2D eigenvalue weighted by Gasteiger charge is 2.25. The van der Waals surface area contributed by atoms with Gasteiger partial charge in [0.15, 0.2) is 5.76 Å². The summed E-state index contributed by atoms with van der Waals surface area (Å²) in [5, 5.41) is 3.81. The number of sulfonamides is 1. The van der Waals surface area contributed by atoms with E-state index in [1.807, 2.05) is 30.3 Å². The molecule has 8 heteroatoms. The molecular weight excluding hydrogens is 390 g/mol. The van der Waals surface area contributed by atoms with E-state index in [4.69, 9.17) is 4.42 Å². The van der Waals surface area contributed by atoms with Gasteiger partial charge in [-0.3, -0.25) is 4.79 Å². The van der Waals surface area contributed by atoms with Crippen molar-refractivity contribution in [3.05, 3.63) is 54.3 Å². The highest BCUT2D eigenvalue weighted by atomic mass is 32.2. The Morgan fingerprint density at radius 3 is 2.66 bits per heavy atom. The minimum atomic E-state index is -3.14. The van der Waals surface area contributed by atoms with Gasteiger partial charge < -0.3 is 9.73 Å². The number of carbonyl (C=O) groups excluding carboxylic acids is 1. The van der Waals surface area contributed by atoms with E-state index in [1.165, 1.54) is 10.6 Å². The summed E-state index contributed by atoms with van der Waals surface area (Å²) >= 11 is 0. The van der Waals surface area contributed by atoms with E-state index < -0.39 is 10.0 Å². The van der Waals surface area contributed by atoms with E-state index in [0.717, 1.165) is 23.7 Å². The van der Waals surface area contributed by atoms with Crippen molar-refractivity contribution in [2.45, 2.75) is 12.8 Å². The Kier molecular flexibility index (Phi) is 5.38. The van der Waals surface area contributed by atoms with Crippen LogP contribution < -0.4 is 5.32 Å². The molecule has 29 heavy (non-hydrogen) atoms. The monoisotopic (exact) mass is 413 g/mol. The first kappa shape index (κ1) is 19.6. The summed E-state index contributed by atoms with van der Waals surface area (Å²) in [6, 6.07) is 12.9. The summed E-state index contributed by atoms with van der Waals surface area (Å²) in [6.07, 6.45) is 4.29. The Morgan fingerprint density at radius 2 is 1.97 bits per heavy atom. The van der Waals surface area contributed by atoms with E-state index in [0.29, 0.717) is 36.7 Å². The van der Waals surface area contributed by atoms with Crippen molar-refractivity contribution in [1.82, 2.24) is 14.6 Å². The van der Waals surface area contributed by atoms with Crippen molar-refractivity contribution >= 4 is 26.8 Å². The molecule has 1 fully saturated rings. The zero-order valence-corrected chi connectivity index (χ0v) is 17.0. The third-order valence-corrected chi connectivity index (χ3v) is 6.63. The maximum atomic E-state index is 13.0. The Bertz CT molecular complexity index is 1120. The van der Waals surface area contributed by atoms with Crippen LogP contribution in [0, 0.1) is 5.92 Å². The lowest BCUT2D eigenvalue weighted by Crippen LogP contribution is -2.41. The molecule has 1 saturated heterocycles. The van der Waals surface area contributed by atoms with Crippen molar-refractivity contribution in [1.29, 1.82) is 0 Å². The lowest BCUT2D eigenvalue weighted by Gasteiger charge is -2.30. The Labute approximate surface area is 169 Å². The lowest BCUT2D eigenvalue weighted by atomic mass is 9.98. The fraction of sp³-hybridized carbons (Fsp3) is 0.333. The molecule has 152 valence electrons. The Balaban J connectivity index is 1.50. The summed E-state index contributed by atoms with van der Waals surface area (Å²) in [6.45, 7) is 1.52.